The number of halogens is 2. The van der Waals surface area contributed by atoms with E-state index in [1.54, 1.807) is 0 Å². The lowest BCUT2D eigenvalue weighted by Crippen LogP contribution is -2.39. The fraction of sp³-hybridized carbons (Fsp3) is 0.462. The largest absolute Gasteiger partial charge is 0.348 e. The maximum Gasteiger partial charge on any atom is 0.252 e. The zero-order valence-corrected chi connectivity index (χ0v) is 13.4. The minimum Gasteiger partial charge on any atom is -0.348 e. The molecule has 1 unspecified atom stereocenters. The molecular weight excluding hydrogens is 346 g/mol. The molecule has 1 aromatic carbocycles. The van der Waals surface area contributed by atoms with Crippen molar-refractivity contribution in [3.8, 4) is 0 Å². The molecule has 1 N–H and O–H groups in total. The van der Waals surface area contributed by atoms with E-state index in [1.165, 1.54) is 0 Å². The van der Waals surface area contributed by atoms with Crippen molar-refractivity contribution in [3.63, 3.8) is 0 Å². The second kappa shape index (κ2) is 6.55. The van der Waals surface area contributed by atoms with Crippen LogP contribution in [-0.2, 0) is 0 Å². The van der Waals surface area contributed by atoms with Crippen LogP contribution in [0.25, 0.3) is 0 Å². The SMILES string of the molecule is Cc1cccc(C(=O)NC(CBr)C(C)C)c1Br. The summed E-state index contributed by atoms with van der Waals surface area (Å²) in [5, 5.41) is 3.80. The number of hydrogen-bond donors (Lipinski definition) is 1. The van der Waals surface area contributed by atoms with Crippen LogP contribution in [0.2, 0.25) is 0 Å². The van der Waals surface area contributed by atoms with Gasteiger partial charge < -0.3 is 5.32 Å². The van der Waals surface area contributed by atoms with Gasteiger partial charge in [0.15, 0.2) is 0 Å². The molecule has 4 heteroatoms. The molecule has 1 aromatic rings. The lowest BCUT2D eigenvalue weighted by atomic mass is 10.1. The molecule has 0 saturated carbocycles. The number of nitrogens with one attached hydrogen (secondary N) is 1. The van der Waals surface area contributed by atoms with Crippen LogP contribution in [-0.4, -0.2) is 17.3 Å². The fourth-order valence-corrected chi connectivity index (χ4v) is 2.81. The highest BCUT2D eigenvalue weighted by Gasteiger charge is 2.17. The van der Waals surface area contributed by atoms with E-state index in [9.17, 15) is 4.79 Å². The number of benzene rings is 1. The average molecular weight is 363 g/mol. The standard InChI is InChI=1S/C13H17Br2NO/c1-8(2)11(7-14)16-13(17)10-6-4-5-9(3)12(10)15/h4-6,8,11H,7H2,1-3H3,(H,16,17). The van der Waals surface area contributed by atoms with E-state index in [4.69, 9.17) is 0 Å². The average Bonchev–Trinajstić information content (AvgIpc) is 2.28. The van der Waals surface area contributed by atoms with Crippen LogP contribution >= 0.6 is 31.9 Å². The molecule has 0 aliphatic carbocycles. The van der Waals surface area contributed by atoms with Gasteiger partial charge in [0.05, 0.1) is 5.56 Å². The molecule has 0 saturated heterocycles. The molecule has 1 rings (SSSR count). The number of carbonyl (C=O) groups excluding carboxylic acids is 1. The predicted molar refractivity (Wildman–Crippen MR) is 78.8 cm³/mol. The second-order valence-corrected chi connectivity index (χ2v) is 5.86. The zero-order chi connectivity index (χ0) is 13.0. The number of rotatable bonds is 4. The highest BCUT2D eigenvalue weighted by molar-refractivity contribution is 9.10. The molecular formula is C13H17Br2NO. The van der Waals surface area contributed by atoms with Crippen molar-refractivity contribution < 1.29 is 4.79 Å². The lowest BCUT2D eigenvalue weighted by molar-refractivity contribution is 0.0931. The first-order chi connectivity index (χ1) is 7.97. The Morgan fingerprint density at radius 3 is 2.59 bits per heavy atom. The summed E-state index contributed by atoms with van der Waals surface area (Å²) in [6.45, 7) is 6.17. The molecule has 2 nitrogen and oxygen atoms in total. The quantitative estimate of drug-likeness (QED) is 0.808. The van der Waals surface area contributed by atoms with Crippen LogP contribution in [0.5, 0.6) is 0 Å². The highest BCUT2D eigenvalue weighted by Crippen LogP contribution is 2.21. The molecule has 0 aromatic heterocycles. The maximum atomic E-state index is 12.1. The van der Waals surface area contributed by atoms with Crippen molar-refractivity contribution in [2.45, 2.75) is 26.8 Å². The Bertz CT molecular complexity index is 404. The van der Waals surface area contributed by atoms with Crippen LogP contribution in [0.15, 0.2) is 22.7 Å². The van der Waals surface area contributed by atoms with E-state index < -0.39 is 0 Å². The van der Waals surface area contributed by atoms with Gasteiger partial charge in [-0.3, -0.25) is 4.79 Å². The molecule has 0 spiro atoms. The topological polar surface area (TPSA) is 29.1 Å². The third-order valence-corrected chi connectivity index (χ3v) is 4.47. The van der Waals surface area contributed by atoms with Gasteiger partial charge in [-0.05, 0) is 40.4 Å². The smallest absolute Gasteiger partial charge is 0.252 e. The van der Waals surface area contributed by atoms with E-state index in [2.05, 4.69) is 51.0 Å². The fourth-order valence-electron chi connectivity index (χ4n) is 1.45. The summed E-state index contributed by atoms with van der Waals surface area (Å²) < 4.78 is 0.870. The van der Waals surface area contributed by atoms with Crippen molar-refractivity contribution in [1.29, 1.82) is 0 Å². The lowest BCUT2D eigenvalue weighted by Gasteiger charge is -2.20. The molecule has 1 amide bonds. The molecule has 0 fully saturated rings. The molecule has 0 radical (unpaired) electrons. The molecule has 0 aliphatic rings. The maximum absolute atomic E-state index is 12.1. The van der Waals surface area contributed by atoms with Crippen LogP contribution in [0.3, 0.4) is 0 Å². The Hall–Kier alpha value is -0.350. The van der Waals surface area contributed by atoms with E-state index in [-0.39, 0.29) is 11.9 Å². The van der Waals surface area contributed by atoms with Crippen LogP contribution < -0.4 is 5.32 Å². The van der Waals surface area contributed by atoms with Crippen LogP contribution in [0, 0.1) is 12.8 Å². The first-order valence-electron chi connectivity index (χ1n) is 5.59. The van der Waals surface area contributed by atoms with Gasteiger partial charge in [-0.2, -0.15) is 0 Å². The van der Waals surface area contributed by atoms with Gasteiger partial charge >= 0.3 is 0 Å². The minimum absolute atomic E-state index is 0.0290. The minimum atomic E-state index is -0.0290. The first-order valence-corrected chi connectivity index (χ1v) is 7.50. The van der Waals surface area contributed by atoms with Gasteiger partial charge in [-0.15, -0.1) is 0 Å². The zero-order valence-electron chi connectivity index (χ0n) is 10.3. The Morgan fingerprint density at radius 2 is 2.06 bits per heavy atom. The second-order valence-electron chi connectivity index (χ2n) is 4.41. The van der Waals surface area contributed by atoms with E-state index in [0.29, 0.717) is 11.5 Å². The van der Waals surface area contributed by atoms with Crippen molar-refractivity contribution >= 4 is 37.8 Å². The molecule has 0 bridgehead atoms. The van der Waals surface area contributed by atoms with Crippen molar-refractivity contribution in [2.24, 2.45) is 5.92 Å². The summed E-state index contributed by atoms with van der Waals surface area (Å²) in [7, 11) is 0. The Balaban J connectivity index is 2.86. The third-order valence-electron chi connectivity index (χ3n) is 2.72. The molecule has 94 valence electrons. The summed E-state index contributed by atoms with van der Waals surface area (Å²) in [5.74, 6) is 0.376. The predicted octanol–water partition coefficient (Wildman–Crippen LogP) is 3.91. The van der Waals surface area contributed by atoms with Crippen molar-refractivity contribution in [2.75, 3.05) is 5.33 Å². The van der Waals surface area contributed by atoms with E-state index in [1.807, 2.05) is 25.1 Å². The van der Waals surface area contributed by atoms with Crippen molar-refractivity contribution in [1.82, 2.24) is 5.32 Å². The Morgan fingerprint density at radius 1 is 1.41 bits per heavy atom. The first kappa shape index (κ1) is 14.7. The van der Waals surface area contributed by atoms with Gasteiger partial charge in [0.2, 0.25) is 0 Å². The van der Waals surface area contributed by atoms with Crippen LogP contribution in [0.4, 0.5) is 0 Å². The van der Waals surface area contributed by atoms with Gasteiger partial charge in [0.1, 0.15) is 0 Å². The molecule has 0 heterocycles. The highest BCUT2D eigenvalue weighted by atomic mass is 79.9. The van der Waals surface area contributed by atoms with Crippen molar-refractivity contribution in [3.05, 3.63) is 33.8 Å². The summed E-state index contributed by atoms with van der Waals surface area (Å²) in [6.07, 6.45) is 0. The number of carbonyl (C=O) groups is 1. The summed E-state index contributed by atoms with van der Waals surface area (Å²) in [5.41, 5.74) is 1.76. The molecule has 17 heavy (non-hydrogen) atoms. The normalized spacial score (nSPS) is 12.6. The van der Waals surface area contributed by atoms with Gasteiger partial charge in [0, 0.05) is 15.8 Å². The summed E-state index contributed by atoms with van der Waals surface area (Å²) in [4.78, 5) is 12.1. The van der Waals surface area contributed by atoms with Gasteiger partial charge in [-0.1, -0.05) is 41.9 Å². The Kier molecular flexibility index (Phi) is 5.67. The number of amides is 1. The van der Waals surface area contributed by atoms with E-state index in [0.717, 1.165) is 15.4 Å². The molecule has 1 atom stereocenters. The number of hydrogen-bond acceptors (Lipinski definition) is 1. The number of aryl methyl sites for hydroxylation is 1. The monoisotopic (exact) mass is 361 g/mol. The number of alkyl halides is 1. The molecule has 0 aliphatic heterocycles. The Labute approximate surface area is 119 Å². The van der Waals surface area contributed by atoms with Gasteiger partial charge in [-0.25, -0.2) is 0 Å². The summed E-state index contributed by atoms with van der Waals surface area (Å²) in [6, 6.07) is 5.85. The summed E-state index contributed by atoms with van der Waals surface area (Å²) >= 11 is 6.88. The van der Waals surface area contributed by atoms with Gasteiger partial charge in [0.25, 0.3) is 5.91 Å². The third kappa shape index (κ3) is 3.81. The van der Waals surface area contributed by atoms with Crippen LogP contribution in [0.1, 0.15) is 29.8 Å². The van der Waals surface area contributed by atoms with E-state index >= 15 is 0 Å².